The molecule has 2 heteroatoms. The molecule has 0 aliphatic carbocycles. The quantitative estimate of drug-likeness (QED) is 0.339. The highest BCUT2D eigenvalue weighted by Gasteiger charge is 2.09. The fourth-order valence-electron chi connectivity index (χ4n) is 3.06. The van der Waals surface area contributed by atoms with Crippen LogP contribution in [0.3, 0.4) is 0 Å². The van der Waals surface area contributed by atoms with Crippen LogP contribution in [0.25, 0.3) is 0 Å². The lowest BCUT2D eigenvalue weighted by Gasteiger charge is -2.03. The molecule has 2 nitrogen and oxygen atoms in total. The Balaban J connectivity index is 1.91. The number of rotatable bonds is 13. The van der Waals surface area contributed by atoms with Gasteiger partial charge in [0, 0.05) is 6.92 Å². The van der Waals surface area contributed by atoms with Crippen LogP contribution in [0, 0.1) is 6.92 Å². The molecule has 0 aliphatic rings. The summed E-state index contributed by atoms with van der Waals surface area (Å²) in [5.74, 6) is 1.39. The van der Waals surface area contributed by atoms with Crippen molar-refractivity contribution in [2.45, 2.75) is 104 Å². The summed E-state index contributed by atoms with van der Waals surface area (Å²) in [5, 5.41) is 0. The van der Waals surface area contributed by atoms with Crippen LogP contribution in [0.1, 0.15) is 90.3 Å². The number of hydrogen-bond donors (Lipinski definition) is 0. The summed E-state index contributed by atoms with van der Waals surface area (Å²) in [6, 6.07) is 0. The van der Waals surface area contributed by atoms with Crippen LogP contribution in [-0.2, 0) is 13.1 Å². The second-order valence-electron chi connectivity index (χ2n) is 6.36. The van der Waals surface area contributed by atoms with E-state index < -0.39 is 0 Å². The summed E-state index contributed by atoms with van der Waals surface area (Å²) < 4.78 is 4.72. The second kappa shape index (κ2) is 11.8. The maximum Gasteiger partial charge on any atom is 0.253 e. The zero-order valence-corrected chi connectivity index (χ0v) is 14.7. The van der Waals surface area contributed by atoms with Crippen molar-refractivity contribution in [1.29, 1.82) is 0 Å². The van der Waals surface area contributed by atoms with Gasteiger partial charge in [-0.15, -0.1) is 0 Å². The highest BCUT2D eigenvalue weighted by atomic mass is 15.1. The lowest BCUT2D eigenvalue weighted by molar-refractivity contribution is -0.702. The minimum atomic E-state index is 1.08. The van der Waals surface area contributed by atoms with Crippen molar-refractivity contribution in [2.24, 2.45) is 0 Å². The average molecular weight is 294 g/mol. The predicted molar refractivity (Wildman–Crippen MR) is 91.5 cm³/mol. The first kappa shape index (κ1) is 18.3. The Morgan fingerprint density at radius 1 is 0.810 bits per heavy atom. The van der Waals surface area contributed by atoms with Crippen molar-refractivity contribution >= 4 is 0 Å². The van der Waals surface area contributed by atoms with Crippen LogP contribution in [0.2, 0.25) is 0 Å². The molecular weight excluding hydrogens is 256 g/mol. The fraction of sp³-hybridized carbons (Fsp3) is 0.842. The summed E-state index contributed by atoms with van der Waals surface area (Å²) in [6.45, 7) is 8.99. The van der Waals surface area contributed by atoms with E-state index in [9.17, 15) is 0 Å². The zero-order valence-electron chi connectivity index (χ0n) is 14.7. The molecule has 0 saturated heterocycles. The number of aromatic nitrogens is 2. The summed E-state index contributed by atoms with van der Waals surface area (Å²) in [6.07, 6.45) is 20.1. The van der Waals surface area contributed by atoms with E-state index >= 15 is 0 Å². The second-order valence-corrected chi connectivity index (χ2v) is 6.36. The smallest absolute Gasteiger partial charge is 0.235 e. The van der Waals surface area contributed by atoms with E-state index in [1.807, 2.05) is 0 Å². The van der Waals surface area contributed by atoms with E-state index in [1.165, 1.54) is 83.0 Å². The molecule has 0 radical (unpaired) electrons. The van der Waals surface area contributed by atoms with Crippen LogP contribution in [0.15, 0.2) is 12.4 Å². The first-order chi connectivity index (χ1) is 10.3. The molecule has 0 amide bonds. The molecule has 1 heterocycles. The molecule has 0 N–H and O–H groups in total. The Morgan fingerprint density at radius 2 is 1.33 bits per heavy atom. The van der Waals surface area contributed by atoms with Crippen molar-refractivity contribution in [2.75, 3.05) is 0 Å². The fourth-order valence-corrected chi connectivity index (χ4v) is 3.06. The molecule has 122 valence electrons. The van der Waals surface area contributed by atoms with Gasteiger partial charge >= 0.3 is 0 Å². The highest BCUT2D eigenvalue weighted by Crippen LogP contribution is 2.11. The van der Waals surface area contributed by atoms with Gasteiger partial charge in [0.15, 0.2) is 0 Å². The van der Waals surface area contributed by atoms with Crippen LogP contribution < -0.4 is 4.57 Å². The summed E-state index contributed by atoms with van der Waals surface area (Å²) >= 11 is 0. The molecule has 0 bridgehead atoms. The zero-order chi connectivity index (χ0) is 15.3. The lowest BCUT2D eigenvalue weighted by Crippen LogP contribution is -2.35. The van der Waals surface area contributed by atoms with Crippen molar-refractivity contribution in [3.63, 3.8) is 0 Å². The van der Waals surface area contributed by atoms with Crippen molar-refractivity contribution < 1.29 is 4.57 Å². The van der Waals surface area contributed by atoms with Gasteiger partial charge in [-0.1, -0.05) is 64.7 Å². The van der Waals surface area contributed by atoms with Crippen molar-refractivity contribution in [3.05, 3.63) is 18.2 Å². The molecule has 1 aromatic rings. The number of imidazole rings is 1. The Bertz CT molecular complexity index is 354. The molecular formula is C19H37N2+. The Morgan fingerprint density at radius 3 is 1.81 bits per heavy atom. The van der Waals surface area contributed by atoms with E-state index in [-0.39, 0.29) is 0 Å². The largest absolute Gasteiger partial charge is 0.253 e. The van der Waals surface area contributed by atoms with Gasteiger partial charge < -0.3 is 0 Å². The lowest BCUT2D eigenvalue weighted by atomic mass is 10.1. The highest BCUT2D eigenvalue weighted by molar-refractivity contribution is 4.78. The predicted octanol–water partition coefficient (Wildman–Crippen LogP) is 5.41. The van der Waals surface area contributed by atoms with Crippen LogP contribution in [0.4, 0.5) is 0 Å². The van der Waals surface area contributed by atoms with Gasteiger partial charge in [0.25, 0.3) is 5.82 Å². The Labute approximate surface area is 132 Å². The molecule has 0 aromatic carbocycles. The van der Waals surface area contributed by atoms with Crippen LogP contribution in [0.5, 0.6) is 0 Å². The van der Waals surface area contributed by atoms with Crippen LogP contribution >= 0.6 is 0 Å². The Kier molecular flexibility index (Phi) is 10.3. The minimum absolute atomic E-state index is 1.08. The third kappa shape index (κ3) is 7.68. The van der Waals surface area contributed by atoms with E-state index in [0.717, 1.165) is 6.54 Å². The molecule has 1 rings (SSSR count). The Hall–Kier alpha value is -0.790. The summed E-state index contributed by atoms with van der Waals surface area (Å²) in [5.41, 5.74) is 0. The maximum absolute atomic E-state index is 2.40. The molecule has 0 unspecified atom stereocenters. The molecule has 0 spiro atoms. The van der Waals surface area contributed by atoms with Gasteiger partial charge in [-0.05, 0) is 19.8 Å². The average Bonchev–Trinajstić information content (AvgIpc) is 2.85. The number of unbranched alkanes of at least 4 members (excludes halogenated alkanes) is 10. The molecule has 0 fully saturated rings. The minimum Gasteiger partial charge on any atom is -0.235 e. The molecule has 0 aliphatic heterocycles. The monoisotopic (exact) mass is 293 g/mol. The molecule has 0 atom stereocenters. The third-order valence-electron chi connectivity index (χ3n) is 4.60. The van der Waals surface area contributed by atoms with Crippen molar-refractivity contribution in [3.8, 4) is 0 Å². The number of aryl methyl sites for hydroxylation is 2. The van der Waals surface area contributed by atoms with E-state index in [1.54, 1.807) is 0 Å². The molecule has 21 heavy (non-hydrogen) atoms. The maximum atomic E-state index is 2.40. The summed E-state index contributed by atoms with van der Waals surface area (Å²) in [7, 11) is 0. The molecule has 0 saturated carbocycles. The topological polar surface area (TPSA) is 8.81 Å². The summed E-state index contributed by atoms with van der Waals surface area (Å²) in [4.78, 5) is 0. The van der Waals surface area contributed by atoms with Gasteiger partial charge in [0.1, 0.15) is 12.4 Å². The van der Waals surface area contributed by atoms with Gasteiger partial charge in [0.2, 0.25) is 0 Å². The molecule has 1 aromatic heterocycles. The number of hydrogen-bond acceptors (Lipinski definition) is 0. The van der Waals surface area contributed by atoms with Gasteiger partial charge in [0.05, 0.1) is 13.1 Å². The first-order valence-electron chi connectivity index (χ1n) is 9.34. The number of nitrogens with zero attached hydrogens (tertiary/aromatic N) is 2. The van der Waals surface area contributed by atoms with E-state index in [0.29, 0.717) is 0 Å². The SMILES string of the molecule is CCCCCCCCCCCCC[n+]1ccn(CC)c1C. The standard InChI is InChI=1S/C19H37N2/c1-4-6-7-8-9-10-11-12-13-14-15-16-21-18-17-20(5-2)19(21)3/h17-18H,4-16H2,1-3H3/q+1. The van der Waals surface area contributed by atoms with Gasteiger partial charge in [-0.3, -0.25) is 0 Å². The van der Waals surface area contributed by atoms with E-state index in [4.69, 9.17) is 0 Å². The first-order valence-corrected chi connectivity index (χ1v) is 9.34. The van der Waals surface area contributed by atoms with Crippen LogP contribution in [-0.4, -0.2) is 4.57 Å². The third-order valence-corrected chi connectivity index (χ3v) is 4.60. The van der Waals surface area contributed by atoms with Crippen molar-refractivity contribution in [1.82, 2.24) is 4.57 Å². The van der Waals surface area contributed by atoms with E-state index in [2.05, 4.69) is 42.3 Å². The van der Waals surface area contributed by atoms with Gasteiger partial charge in [-0.25, -0.2) is 9.13 Å². The van der Waals surface area contributed by atoms with Gasteiger partial charge in [-0.2, -0.15) is 0 Å². The normalized spacial score (nSPS) is 11.2.